The summed E-state index contributed by atoms with van der Waals surface area (Å²) in [5.74, 6) is -0.0986. The molecule has 1 spiro atoms. The Balaban J connectivity index is 1.66. The van der Waals surface area contributed by atoms with Crippen LogP contribution in [0.4, 0.5) is 4.79 Å². The van der Waals surface area contributed by atoms with Gasteiger partial charge in [0.2, 0.25) is 0 Å². The number of aromatic hydroxyl groups is 1. The van der Waals surface area contributed by atoms with Crippen LogP contribution in [-0.2, 0) is 4.74 Å². The number of methoxy groups -OCH3 is 1. The number of benzene rings is 1. The first-order chi connectivity index (χ1) is 12.9. The Morgan fingerprint density at radius 3 is 2.70 bits per heavy atom. The number of amides is 2. The lowest BCUT2D eigenvalue weighted by atomic mass is 9.90. The fraction of sp³-hybridized carbons (Fsp3) is 0.600. The molecule has 2 saturated heterocycles. The summed E-state index contributed by atoms with van der Waals surface area (Å²) in [5.41, 5.74) is -0.279. The first kappa shape index (κ1) is 19.3. The van der Waals surface area contributed by atoms with Crippen LogP contribution in [0.1, 0.15) is 49.9 Å². The van der Waals surface area contributed by atoms with Gasteiger partial charge in [-0.25, -0.2) is 4.79 Å². The molecule has 0 unspecified atom stereocenters. The topological polar surface area (TPSA) is 79.3 Å². The van der Waals surface area contributed by atoms with Crippen molar-refractivity contribution < 1.29 is 24.2 Å². The lowest BCUT2D eigenvalue weighted by Gasteiger charge is -2.37. The van der Waals surface area contributed by atoms with Gasteiger partial charge in [-0.15, -0.1) is 0 Å². The molecule has 7 heteroatoms. The van der Waals surface area contributed by atoms with Gasteiger partial charge in [-0.2, -0.15) is 0 Å². The molecule has 2 aliphatic heterocycles. The molecule has 2 aliphatic rings. The van der Waals surface area contributed by atoms with Gasteiger partial charge in [0.25, 0.3) is 5.91 Å². The molecule has 2 fully saturated rings. The molecule has 0 aliphatic carbocycles. The Morgan fingerprint density at radius 2 is 2.07 bits per heavy atom. The van der Waals surface area contributed by atoms with E-state index in [0.29, 0.717) is 32.5 Å². The zero-order valence-corrected chi connectivity index (χ0v) is 16.2. The minimum Gasteiger partial charge on any atom is -0.504 e. The number of likely N-dealkylation sites (tertiary alicyclic amines) is 1. The molecule has 1 atom stereocenters. The third-order valence-corrected chi connectivity index (χ3v) is 5.65. The lowest BCUT2D eigenvalue weighted by Crippen LogP contribution is -2.49. The number of para-hydroxylation sites is 1. The Kier molecular flexibility index (Phi) is 5.48. The zero-order chi connectivity index (χ0) is 19.6. The Bertz CT molecular complexity index is 712. The number of hydrogen-bond acceptors (Lipinski definition) is 5. The number of phenols is 1. The van der Waals surface area contributed by atoms with Gasteiger partial charge < -0.3 is 24.4 Å². The summed E-state index contributed by atoms with van der Waals surface area (Å²) in [6, 6.07) is 5.05. The maximum absolute atomic E-state index is 12.8. The van der Waals surface area contributed by atoms with Crippen LogP contribution in [0.2, 0.25) is 0 Å². The minimum absolute atomic E-state index is 0.142. The van der Waals surface area contributed by atoms with E-state index in [1.165, 1.54) is 7.11 Å². The molecule has 0 radical (unpaired) electrons. The Morgan fingerprint density at radius 1 is 1.37 bits per heavy atom. The van der Waals surface area contributed by atoms with Crippen molar-refractivity contribution in [2.75, 3.05) is 26.7 Å². The number of nitrogens with zero attached hydrogens (tertiary/aromatic N) is 2. The van der Waals surface area contributed by atoms with E-state index in [-0.39, 0.29) is 35.1 Å². The van der Waals surface area contributed by atoms with Crippen molar-refractivity contribution >= 4 is 12.0 Å². The second kappa shape index (κ2) is 7.66. The molecule has 3 rings (SSSR count). The summed E-state index contributed by atoms with van der Waals surface area (Å²) in [6.45, 7) is 5.71. The van der Waals surface area contributed by atoms with E-state index in [2.05, 4.69) is 6.92 Å². The summed E-state index contributed by atoms with van der Waals surface area (Å²) in [6.07, 6.45) is 2.92. The summed E-state index contributed by atoms with van der Waals surface area (Å²) in [5, 5.41) is 10.2. The molecule has 2 amide bonds. The fourth-order valence-electron chi connectivity index (χ4n) is 3.97. The minimum atomic E-state index is -0.508. The molecule has 27 heavy (non-hydrogen) atoms. The van der Waals surface area contributed by atoms with Gasteiger partial charge in [0, 0.05) is 32.0 Å². The van der Waals surface area contributed by atoms with Crippen LogP contribution in [0.15, 0.2) is 18.2 Å². The van der Waals surface area contributed by atoms with E-state index in [1.54, 1.807) is 23.1 Å². The van der Waals surface area contributed by atoms with Crippen molar-refractivity contribution in [1.82, 2.24) is 9.80 Å². The van der Waals surface area contributed by atoms with Gasteiger partial charge in [-0.05, 0) is 25.5 Å². The second-order valence-electron chi connectivity index (χ2n) is 7.47. The average Bonchev–Trinajstić information content (AvgIpc) is 2.98. The zero-order valence-electron chi connectivity index (χ0n) is 16.2. The molecule has 7 nitrogen and oxygen atoms in total. The summed E-state index contributed by atoms with van der Waals surface area (Å²) < 4.78 is 10.8. The van der Waals surface area contributed by atoms with Crippen molar-refractivity contribution in [3.05, 3.63) is 23.8 Å². The van der Waals surface area contributed by atoms with Gasteiger partial charge in [-0.3, -0.25) is 4.79 Å². The molecule has 1 N–H and O–H groups in total. The molecule has 1 aromatic carbocycles. The number of hydrogen-bond donors (Lipinski definition) is 1. The van der Waals surface area contributed by atoms with Crippen molar-refractivity contribution in [2.24, 2.45) is 0 Å². The van der Waals surface area contributed by atoms with Gasteiger partial charge >= 0.3 is 6.09 Å². The summed E-state index contributed by atoms with van der Waals surface area (Å²) in [4.78, 5) is 28.6. The standard InChI is InChI=1S/C20H28N2O5/c1-4-6-14(2)22-13-20(27-19(22)25)9-11-21(12-10-20)18(24)15-7-5-8-16(26-3)17(15)23/h5,7-8,14,23H,4,6,9-13H2,1-3H3/t14-/m1/s1. The molecule has 1 aromatic rings. The predicted molar refractivity (Wildman–Crippen MR) is 100 cm³/mol. The molecule has 0 saturated carbocycles. The number of ether oxygens (including phenoxy) is 2. The van der Waals surface area contributed by atoms with Gasteiger partial charge in [0.15, 0.2) is 11.5 Å². The third-order valence-electron chi connectivity index (χ3n) is 5.65. The van der Waals surface area contributed by atoms with E-state index in [0.717, 1.165) is 12.8 Å². The average molecular weight is 376 g/mol. The molecule has 0 bridgehead atoms. The normalized spacial score (nSPS) is 19.9. The van der Waals surface area contributed by atoms with Crippen LogP contribution in [0.25, 0.3) is 0 Å². The van der Waals surface area contributed by atoms with Crippen molar-refractivity contribution in [1.29, 1.82) is 0 Å². The van der Waals surface area contributed by atoms with E-state index in [9.17, 15) is 14.7 Å². The van der Waals surface area contributed by atoms with Crippen LogP contribution in [0, 0.1) is 0 Å². The van der Waals surface area contributed by atoms with E-state index < -0.39 is 5.60 Å². The highest BCUT2D eigenvalue weighted by Gasteiger charge is 2.48. The van der Waals surface area contributed by atoms with Crippen molar-refractivity contribution in [3.63, 3.8) is 0 Å². The highest BCUT2D eigenvalue weighted by atomic mass is 16.6. The van der Waals surface area contributed by atoms with Gasteiger partial charge in [0.05, 0.1) is 19.2 Å². The monoisotopic (exact) mass is 376 g/mol. The van der Waals surface area contributed by atoms with E-state index in [1.807, 2.05) is 11.8 Å². The number of carbonyl (C=O) groups excluding carboxylic acids is 2. The maximum atomic E-state index is 12.8. The maximum Gasteiger partial charge on any atom is 0.410 e. The summed E-state index contributed by atoms with van der Waals surface area (Å²) in [7, 11) is 1.45. The van der Waals surface area contributed by atoms with Crippen molar-refractivity contribution in [2.45, 2.75) is 51.2 Å². The van der Waals surface area contributed by atoms with Crippen molar-refractivity contribution in [3.8, 4) is 11.5 Å². The predicted octanol–water partition coefficient (Wildman–Crippen LogP) is 3.02. The first-order valence-corrected chi connectivity index (χ1v) is 9.55. The molecular weight excluding hydrogens is 348 g/mol. The smallest absolute Gasteiger partial charge is 0.410 e. The molecular formula is C20H28N2O5. The van der Waals surface area contributed by atoms with E-state index >= 15 is 0 Å². The number of phenolic OH excluding ortho intramolecular Hbond substituents is 1. The first-order valence-electron chi connectivity index (χ1n) is 9.55. The molecule has 2 heterocycles. The van der Waals surface area contributed by atoms with Gasteiger partial charge in [0.1, 0.15) is 5.60 Å². The Labute approximate surface area is 159 Å². The van der Waals surface area contributed by atoms with Crippen LogP contribution < -0.4 is 4.74 Å². The number of carbonyl (C=O) groups is 2. The largest absolute Gasteiger partial charge is 0.504 e. The SMILES string of the molecule is CCC[C@@H](C)N1CC2(CCN(C(=O)c3cccc(OC)c3O)CC2)OC1=O. The molecule has 0 aromatic heterocycles. The lowest BCUT2D eigenvalue weighted by molar-refractivity contribution is 0.00299. The van der Waals surface area contributed by atoms with Crippen LogP contribution in [-0.4, -0.2) is 65.3 Å². The third kappa shape index (κ3) is 3.68. The van der Waals surface area contributed by atoms with Gasteiger partial charge in [-0.1, -0.05) is 19.4 Å². The second-order valence-corrected chi connectivity index (χ2v) is 7.47. The van der Waals surface area contributed by atoms with Crippen LogP contribution >= 0.6 is 0 Å². The molecule has 148 valence electrons. The number of rotatable bonds is 5. The van der Waals surface area contributed by atoms with E-state index in [4.69, 9.17) is 9.47 Å². The van der Waals surface area contributed by atoms with Crippen LogP contribution in [0.3, 0.4) is 0 Å². The highest BCUT2D eigenvalue weighted by molar-refractivity contribution is 5.97. The quantitative estimate of drug-likeness (QED) is 0.855. The summed E-state index contributed by atoms with van der Waals surface area (Å²) >= 11 is 0. The highest BCUT2D eigenvalue weighted by Crippen LogP contribution is 2.36. The van der Waals surface area contributed by atoms with Crippen LogP contribution in [0.5, 0.6) is 11.5 Å². The Hall–Kier alpha value is -2.44. The fourth-order valence-corrected chi connectivity index (χ4v) is 3.97. The number of piperidine rings is 1.